The number of rotatable bonds is 5. The first-order chi connectivity index (χ1) is 15.6. The summed E-state index contributed by atoms with van der Waals surface area (Å²) >= 11 is 0. The maximum atomic E-state index is 13.5. The van der Waals surface area contributed by atoms with E-state index < -0.39 is 18.9 Å². The number of aryl methyl sites for hydroxylation is 1. The van der Waals surface area contributed by atoms with E-state index in [-0.39, 0.29) is 22.1 Å². The number of hydrogen-bond acceptors (Lipinski definition) is 8. The highest BCUT2D eigenvalue weighted by Gasteiger charge is 2.47. The third-order valence-electron chi connectivity index (χ3n) is 5.03. The molecule has 0 unspecified atom stereocenters. The van der Waals surface area contributed by atoms with Crippen LogP contribution < -0.4 is 15.0 Å². The average molecular weight is 462 g/mol. The number of amidine groups is 1. The van der Waals surface area contributed by atoms with Crippen molar-refractivity contribution in [3.8, 4) is 17.1 Å². The Hall–Kier alpha value is -3.80. The summed E-state index contributed by atoms with van der Waals surface area (Å²) < 4.78 is 51.4. The van der Waals surface area contributed by atoms with E-state index >= 15 is 0 Å². The number of aromatic nitrogens is 1. The number of carbonyl (C=O) groups excluding carboxylic acids is 1. The molecule has 3 heterocycles. The molecule has 1 amide bonds. The van der Waals surface area contributed by atoms with E-state index in [1.807, 2.05) is 0 Å². The van der Waals surface area contributed by atoms with Gasteiger partial charge in [0.2, 0.25) is 6.67 Å². The van der Waals surface area contributed by atoms with Gasteiger partial charge in [-0.15, -0.1) is 13.2 Å². The second kappa shape index (κ2) is 8.28. The summed E-state index contributed by atoms with van der Waals surface area (Å²) in [6, 6.07) is 5.02. The van der Waals surface area contributed by atoms with Gasteiger partial charge in [0.1, 0.15) is 11.4 Å². The summed E-state index contributed by atoms with van der Waals surface area (Å²) in [6.07, 6.45) is -1.07. The molecule has 0 saturated heterocycles. The zero-order valence-electron chi connectivity index (χ0n) is 18.3. The zero-order valence-corrected chi connectivity index (χ0v) is 18.3. The monoisotopic (exact) mass is 462 g/mol. The van der Waals surface area contributed by atoms with Crippen LogP contribution in [0.25, 0.3) is 11.3 Å². The summed E-state index contributed by atoms with van der Waals surface area (Å²) in [5, 5.41) is 2.97. The summed E-state index contributed by atoms with van der Waals surface area (Å²) in [5.41, 5.74) is 1.89. The number of oxazole rings is 1. The number of benzene rings is 1. The van der Waals surface area contributed by atoms with Crippen LogP contribution in [0.15, 0.2) is 57.8 Å². The molecule has 0 saturated carbocycles. The average Bonchev–Trinajstić information content (AvgIpc) is 3.38. The summed E-state index contributed by atoms with van der Waals surface area (Å²) in [6.45, 7) is 1.26. The highest BCUT2D eigenvalue weighted by atomic mass is 19.4. The number of aliphatic imine (C=N–C) groups is 1. The number of amides is 1. The first-order valence-electron chi connectivity index (χ1n) is 9.78. The Morgan fingerprint density at radius 1 is 1.33 bits per heavy atom. The normalized spacial score (nSPS) is 16.1. The minimum absolute atomic E-state index is 0.0421. The van der Waals surface area contributed by atoms with Crippen molar-refractivity contribution >= 4 is 17.4 Å². The smallest absolute Gasteiger partial charge is 0.489 e. The summed E-state index contributed by atoms with van der Waals surface area (Å²) in [7, 11) is 4.56. The van der Waals surface area contributed by atoms with Gasteiger partial charge in [0.05, 0.1) is 18.4 Å². The molecule has 1 N–H and O–H groups in total. The number of nitrogens with zero attached hydrogens (tertiary/aromatic N) is 5. The van der Waals surface area contributed by atoms with Crippen molar-refractivity contribution in [3.63, 3.8) is 0 Å². The molecular formula is C21H21F3N6O3+. The van der Waals surface area contributed by atoms with E-state index in [9.17, 15) is 18.0 Å². The van der Waals surface area contributed by atoms with Crippen LogP contribution in [0.2, 0.25) is 0 Å². The molecule has 2 aliphatic heterocycles. The Balaban J connectivity index is 1.69. The van der Waals surface area contributed by atoms with Crippen molar-refractivity contribution < 1.29 is 27.1 Å². The predicted octanol–water partition coefficient (Wildman–Crippen LogP) is 3.19. The summed E-state index contributed by atoms with van der Waals surface area (Å²) in [4.78, 5) is 23.4. The fourth-order valence-corrected chi connectivity index (χ4v) is 3.40. The fraction of sp³-hybridized carbons (Fsp3) is 0.286. The number of ether oxygens (including phenoxy) is 1. The van der Waals surface area contributed by atoms with Crippen LogP contribution in [0.5, 0.6) is 5.75 Å². The number of methoxy groups -OCH3 is 1. The molecule has 33 heavy (non-hydrogen) atoms. The quantitative estimate of drug-likeness (QED) is 0.543. The van der Waals surface area contributed by atoms with Crippen LogP contribution in [0.1, 0.15) is 5.69 Å². The first kappa shape index (κ1) is 22.4. The molecule has 0 fully saturated rings. The molecule has 9 nitrogen and oxygen atoms in total. The second-order valence-electron chi connectivity index (χ2n) is 7.55. The lowest BCUT2D eigenvalue weighted by atomic mass is 10.1. The Morgan fingerprint density at radius 2 is 2.09 bits per heavy atom. The van der Waals surface area contributed by atoms with Crippen LogP contribution in [-0.4, -0.2) is 60.7 Å². The van der Waals surface area contributed by atoms with Gasteiger partial charge in [0.15, 0.2) is 24.1 Å². The Morgan fingerprint density at radius 3 is 2.70 bits per heavy atom. The molecule has 0 aliphatic carbocycles. The van der Waals surface area contributed by atoms with Crippen LogP contribution in [0, 0.1) is 6.92 Å². The number of anilines is 1. The van der Waals surface area contributed by atoms with Gasteiger partial charge in [-0.3, -0.25) is 4.79 Å². The minimum atomic E-state index is -4.62. The molecule has 173 valence electrons. The van der Waals surface area contributed by atoms with E-state index in [1.54, 1.807) is 39.2 Å². The lowest BCUT2D eigenvalue weighted by molar-refractivity contribution is -0.230. The van der Waals surface area contributed by atoms with E-state index in [0.717, 1.165) is 6.20 Å². The van der Waals surface area contributed by atoms with Crippen molar-refractivity contribution in [1.82, 2.24) is 19.7 Å². The molecule has 1 radical (unpaired) electrons. The molecule has 2 aromatic rings. The molecule has 0 spiro atoms. The minimum Gasteiger partial charge on any atom is -0.496 e. The number of halogens is 3. The Labute approximate surface area is 187 Å². The first-order valence-corrected chi connectivity index (χ1v) is 9.78. The Kier molecular flexibility index (Phi) is 5.62. The predicted molar refractivity (Wildman–Crippen MR) is 114 cm³/mol. The van der Waals surface area contributed by atoms with Gasteiger partial charge in [-0.2, -0.15) is 4.99 Å². The summed E-state index contributed by atoms with van der Waals surface area (Å²) in [5.74, 6) is 0.759. The van der Waals surface area contributed by atoms with Gasteiger partial charge in [0, 0.05) is 32.0 Å². The number of fused-ring (bicyclic) bond motifs is 1. The molecular weight excluding hydrogens is 441 g/mol. The number of hydrogen-bond donors (Lipinski definition) is 1. The topological polar surface area (TPSA) is 89.1 Å². The molecule has 4 rings (SSSR count). The largest absolute Gasteiger partial charge is 0.496 e. The van der Waals surface area contributed by atoms with Crippen molar-refractivity contribution in [2.24, 2.45) is 4.99 Å². The highest BCUT2D eigenvalue weighted by molar-refractivity contribution is 6.10. The highest BCUT2D eigenvalue weighted by Crippen LogP contribution is 2.35. The lowest BCUT2D eigenvalue weighted by Crippen LogP contribution is -2.50. The van der Waals surface area contributed by atoms with Gasteiger partial charge in [-0.05, 0) is 19.1 Å². The van der Waals surface area contributed by atoms with Gasteiger partial charge < -0.3 is 19.4 Å². The van der Waals surface area contributed by atoms with Crippen molar-refractivity contribution in [1.29, 1.82) is 0 Å². The number of nitrogens with one attached hydrogen (secondary N) is 1. The van der Waals surface area contributed by atoms with Crippen molar-refractivity contribution in [3.05, 3.63) is 54.1 Å². The second-order valence-corrected chi connectivity index (χ2v) is 7.55. The SMILES string of the molecule is COc1cc(NC2=CN(C(F)(F)F)C[N+]3C=C(C(=O)N(C)C)N=C23)ccc1-c1ocnc1C. The van der Waals surface area contributed by atoms with Crippen molar-refractivity contribution in [2.75, 3.05) is 33.2 Å². The molecule has 12 heteroatoms. The molecule has 2 aliphatic rings. The third kappa shape index (κ3) is 4.29. The van der Waals surface area contributed by atoms with Crippen LogP contribution >= 0.6 is 0 Å². The zero-order chi connectivity index (χ0) is 23.9. The molecule has 0 bridgehead atoms. The molecule has 1 aromatic carbocycles. The van der Waals surface area contributed by atoms with E-state index in [4.69, 9.17) is 9.15 Å². The number of likely N-dealkylation sites (N-methyl/N-ethyl adjacent to an activating group) is 1. The van der Waals surface area contributed by atoms with E-state index in [1.165, 1.54) is 29.5 Å². The molecule has 0 atom stereocenters. The standard InChI is InChI=1S/C21H21F3N6O3/c1-12-18(33-10-25-12)14-6-5-13(7-17(14)32-4)26-15-9-30(21(22,23)24)11-29-8-16(27-19(15)29)20(31)28(2)3/h5-10,26H,11H2,1-4H3/q+1. The maximum absolute atomic E-state index is 13.5. The van der Waals surface area contributed by atoms with Crippen molar-refractivity contribution in [2.45, 2.75) is 13.2 Å². The lowest BCUT2D eigenvalue weighted by Gasteiger charge is -2.27. The fourth-order valence-electron chi connectivity index (χ4n) is 3.40. The van der Waals surface area contributed by atoms with E-state index in [0.29, 0.717) is 28.5 Å². The van der Waals surface area contributed by atoms with Gasteiger partial charge >= 0.3 is 12.1 Å². The van der Waals surface area contributed by atoms with Gasteiger partial charge in [0.25, 0.3) is 5.91 Å². The number of alkyl halides is 3. The maximum Gasteiger partial charge on any atom is 0.489 e. The van der Waals surface area contributed by atoms with E-state index in [2.05, 4.69) is 15.3 Å². The molecule has 1 aromatic heterocycles. The van der Waals surface area contributed by atoms with Gasteiger partial charge in [-0.25, -0.2) is 9.88 Å². The van der Waals surface area contributed by atoms with Gasteiger partial charge in [-0.1, -0.05) is 4.90 Å². The number of carbonyl (C=O) groups is 1. The Bertz CT molecular complexity index is 1180. The van der Waals surface area contributed by atoms with Crippen LogP contribution in [0.3, 0.4) is 0 Å². The van der Waals surface area contributed by atoms with Crippen LogP contribution in [0.4, 0.5) is 18.9 Å². The third-order valence-corrected chi connectivity index (χ3v) is 5.03. The van der Waals surface area contributed by atoms with Crippen LogP contribution in [-0.2, 0) is 4.79 Å².